The fourth-order valence-electron chi connectivity index (χ4n) is 2.37. The first-order valence-corrected chi connectivity index (χ1v) is 7.54. The van der Waals surface area contributed by atoms with Crippen LogP contribution in [0.25, 0.3) is 0 Å². The second kappa shape index (κ2) is 5.60. The molecule has 0 radical (unpaired) electrons. The van der Waals surface area contributed by atoms with Gasteiger partial charge >= 0.3 is 0 Å². The summed E-state index contributed by atoms with van der Waals surface area (Å²) >= 11 is 0. The number of benzene rings is 1. The van der Waals surface area contributed by atoms with E-state index in [9.17, 15) is 0 Å². The SMILES string of the molecule is Nc1cccc(Nc2nccc(Nc3cc(C4CC4)[nH]n3)n2)c1.[HH].[HH]. The van der Waals surface area contributed by atoms with Crippen LogP contribution in [0.5, 0.6) is 0 Å². The number of nitrogens with two attached hydrogens (primary N) is 1. The Balaban J connectivity index is 0.00000113. The quantitative estimate of drug-likeness (QED) is 0.536. The van der Waals surface area contributed by atoms with Crippen molar-refractivity contribution in [2.24, 2.45) is 0 Å². The standard InChI is InChI=1S/C16H17N7.2H2/c17-11-2-1-3-12(8-11)19-16-18-7-6-14(21-16)20-15-9-13(22-23-15)10-4-5-10;;/h1-3,6-10H,4-5,17H2,(H3,18,19,20,21,22,23);2*1H. The minimum Gasteiger partial charge on any atom is -0.399 e. The number of nitrogens with one attached hydrogen (secondary N) is 3. The summed E-state index contributed by atoms with van der Waals surface area (Å²) in [6.07, 6.45) is 4.17. The third kappa shape index (κ3) is 3.23. The lowest BCUT2D eigenvalue weighted by molar-refractivity contribution is 0.966. The van der Waals surface area contributed by atoms with Crippen molar-refractivity contribution >= 4 is 29.0 Å². The van der Waals surface area contributed by atoms with E-state index < -0.39 is 0 Å². The largest absolute Gasteiger partial charge is 0.399 e. The second-order valence-electron chi connectivity index (χ2n) is 5.62. The van der Waals surface area contributed by atoms with Crippen LogP contribution in [0.15, 0.2) is 42.6 Å². The molecule has 7 nitrogen and oxygen atoms in total. The minimum atomic E-state index is 0. The predicted molar refractivity (Wildman–Crippen MR) is 94.2 cm³/mol. The Labute approximate surface area is 136 Å². The summed E-state index contributed by atoms with van der Waals surface area (Å²) in [5.41, 5.74) is 8.49. The first kappa shape index (κ1) is 13.6. The Morgan fingerprint density at radius 1 is 1.13 bits per heavy atom. The lowest BCUT2D eigenvalue weighted by Gasteiger charge is -2.07. The van der Waals surface area contributed by atoms with Crippen LogP contribution >= 0.6 is 0 Å². The Morgan fingerprint density at radius 2 is 2.04 bits per heavy atom. The van der Waals surface area contributed by atoms with Gasteiger partial charge in [-0.3, -0.25) is 5.10 Å². The summed E-state index contributed by atoms with van der Waals surface area (Å²) in [6.45, 7) is 0. The van der Waals surface area contributed by atoms with Gasteiger partial charge in [-0.15, -0.1) is 0 Å². The number of rotatable bonds is 5. The topological polar surface area (TPSA) is 105 Å². The van der Waals surface area contributed by atoms with Gasteiger partial charge in [-0.25, -0.2) is 4.98 Å². The molecule has 3 aromatic rings. The molecule has 0 amide bonds. The van der Waals surface area contributed by atoms with Gasteiger partial charge in [0.15, 0.2) is 5.82 Å². The Bertz CT molecular complexity index is 833. The molecule has 1 aliphatic carbocycles. The molecule has 0 saturated heterocycles. The minimum absolute atomic E-state index is 0. The van der Waals surface area contributed by atoms with Gasteiger partial charge in [0, 0.05) is 38.1 Å². The molecule has 4 rings (SSSR count). The van der Waals surface area contributed by atoms with E-state index in [4.69, 9.17) is 5.73 Å². The number of anilines is 5. The maximum absolute atomic E-state index is 5.77. The van der Waals surface area contributed by atoms with Gasteiger partial charge in [0.1, 0.15) is 5.82 Å². The summed E-state index contributed by atoms with van der Waals surface area (Å²) < 4.78 is 0. The molecule has 0 aliphatic heterocycles. The second-order valence-corrected chi connectivity index (χ2v) is 5.62. The maximum Gasteiger partial charge on any atom is 0.229 e. The molecule has 2 heterocycles. The molecule has 0 spiro atoms. The van der Waals surface area contributed by atoms with Gasteiger partial charge in [0.05, 0.1) is 0 Å². The molecule has 23 heavy (non-hydrogen) atoms. The molecule has 1 aromatic carbocycles. The third-order valence-electron chi connectivity index (χ3n) is 3.67. The highest BCUT2D eigenvalue weighted by Crippen LogP contribution is 2.39. The zero-order valence-corrected chi connectivity index (χ0v) is 12.5. The van der Waals surface area contributed by atoms with E-state index in [1.807, 2.05) is 30.3 Å². The van der Waals surface area contributed by atoms with Crippen LogP contribution in [0.2, 0.25) is 0 Å². The number of hydrogen-bond donors (Lipinski definition) is 4. The van der Waals surface area contributed by atoms with Crippen molar-refractivity contribution in [3.05, 3.63) is 48.3 Å². The van der Waals surface area contributed by atoms with Crippen molar-refractivity contribution in [2.45, 2.75) is 18.8 Å². The number of hydrogen-bond acceptors (Lipinski definition) is 6. The molecular weight excluding hydrogens is 290 g/mol. The molecule has 0 unspecified atom stereocenters. The van der Waals surface area contributed by atoms with Crippen molar-refractivity contribution in [2.75, 3.05) is 16.4 Å². The first-order chi connectivity index (χ1) is 11.3. The number of aromatic nitrogens is 4. The van der Waals surface area contributed by atoms with Crippen LogP contribution in [-0.2, 0) is 0 Å². The number of nitrogen functional groups attached to an aromatic ring is 1. The molecule has 1 aliphatic rings. The summed E-state index contributed by atoms with van der Waals surface area (Å²) in [5.74, 6) is 2.59. The van der Waals surface area contributed by atoms with Gasteiger partial charge in [0.25, 0.3) is 0 Å². The molecule has 1 saturated carbocycles. The van der Waals surface area contributed by atoms with Crippen LogP contribution in [0.3, 0.4) is 0 Å². The lowest BCUT2D eigenvalue weighted by Crippen LogP contribution is -2.00. The smallest absolute Gasteiger partial charge is 0.229 e. The van der Waals surface area contributed by atoms with Crippen LogP contribution < -0.4 is 16.4 Å². The van der Waals surface area contributed by atoms with E-state index in [2.05, 4.69) is 30.8 Å². The number of nitrogens with zero attached hydrogens (tertiary/aromatic N) is 3. The Kier molecular flexibility index (Phi) is 3.30. The van der Waals surface area contributed by atoms with Gasteiger partial charge in [-0.05, 0) is 37.1 Å². The van der Waals surface area contributed by atoms with E-state index in [0.29, 0.717) is 23.4 Å². The van der Waals surface area contributed by atoms with Crippen LogP contribution in [-0.4, -0.2) is 20.2 Å². The average molecular weight is 311 g/mol. The Hall–Kier alpha value is -3.09. The van der Waals surface area contributed by atoms with Gasteiger partial charge < -0.3 is 16.4 Å². The number of aromatic amines is 1. The molecule has 0 atom stereocenters. The van der Waals surface area contributed by atoms with Crippen molar-refractivity contribution in [1.29, 1.82) is 0 Å². The lowest BCUT2D eigenvalue weighted by atomic mass is 10.3. The monoisotopic (exact) mass is 311 g/mol. The van der Waals surface area contributed by atoms with E-state index in [1.54, 1.807) is 12.3 Å². The molecule has 2 aromatic heterocycles. The summed E-state index contributed by atoms with van der Waals surface area (Å²) in [7, 11) is 0. The summed E-state index contributed by atoms with van der Waals surface area (Å²) in [4.78, 5) is 8.65. The maximum atomic E-state index is 5.77. The highest BCUT2D eigenvalue weighted by molar-refractivity contribution is 5.61. The van der Waals surface area contributed by atoms with E-state index in [1.165, 1.54) is 18.5 Å². The summed E-state index contributed by atoms with van der Waals surface area (Å²) in [5, 5.41) is 13.6. The van der Waals surface area contributed by atoms with Crippen molar-refractivity contribution in [1.82, 2.24) is 20.2 Å². The molecule has 0 bridgehead atoms. The molecule has 1 fully saturated rings. The molecular formula is C16H21N7. The van der Waals surface area contributed by atoms with Crippen LogP contribution in [0.1, 0.15) is 27.3 Å². The zero-order chi connectivity index (χ0) is 15.6. The van der Waals surface area contributed by atoms with E-state index in [0.717, 1.165) is 11.5 Å². The van der Waals surface area contributed by atoms with Gasteiger partial charge in [-0.1, -0.05) is 6.07 Å². The van der Waals surface area contributed by atoms with E-state index in [-0.39, 0.29) is 2.85 Å². The van der Waals surface area contributed by atoms with Crippen molar-refractivity contribution in [3.63, 3.8) is 0 Å². The van der Waals surface area contributed by atoms with Crippen molar-refractivity contribution < 1.29 is 2.85 Å². The normalized spacial score (nSPS) is 13.7. The highest BCUT2D eigenvalue weighted by Gasteiger charge is 2.25. The molecule has 120 valence electrons. The van der Waals surface area contributed by atoms with E-state index >= 15 is 0 Å². The Morgan fingerprint density at radius 3 is 2.87 bits per heavy atom. The highest BCUT2D eigenvalue weighted by atomic mass is 15.2. The molecule has 7 heteroatoms. The molecule has 5 N–H and O–H groups in total. The average Bonchev–Trinajstić information content (AvgIpc) is 3.28. The fraction of sp³-hybridized carbons (Fsp3) is 0.188. The predicted octanol–water partition coefficient (Wildman–Crippen LogP) is 3.64. The fourth-order valence-corrected chi connectivity index (χ4v) is 2.37. The first-order valence-electron chi connectivity index (χ1n) is 7.54. The summed E-state index contributed by atoms with van der Waals surface area (Å²) in [6, 6.07) is 11.3. The zero-order valence-electron chi connectivity index (χ0n) is 12.5. The van der Waals surface area contributed by atoms with Gasteiger partial charge in [-0.2, -0.15) is 10.1 Å². The van der Waals surface area contributed by atoms with Crippen molar-refractivity contribution in [3.8, 4) is 0 Å². The van der Waals surface area contributed by atoms with Crippen LogP contribution in [0, 0.1) is 0 Å². The number of H-pyrrole nitrogens is 1. The van der Waals surface area contributed by atoms with Gasteiger partial charge in [0.2, 0.25) is 5.95 Å². The van der Waals surface area contributed by atoms with Crippen LogP contribution in [0.4, 0.5) is 29.0 Å². The third-order valence-corrected chi connectivity index (χ3v) is 3.67.